The van der Waals surface area contributed by atoms with Gasteiger partial charge in [0.1, 0.15) is 11.6 Å². The number of carbonyl (C=O) groups is 1. The minimum atomic E-state index is -0.653. The predicted octanol–water partition coefficient (Wildman–Crippen LogP) is 1.04. The molecule has 0 aromatic heterocycles. The first-order chi connectivity index (χ1) is 9.52. The van der Waals surface area contributed by atoms with E-state index >= 15 is 0 Å². The summed E-state index contributed by atoms with van der Waals surface area (Å²) in [4.78, 5) is 13.7. The van der Waals surface area contributed by atoms with Crippen LogP contribution in [0.3, 0.4) is 0 Å². The van der Waals surface area contributed by atoms with Gasteiger partial charge in [-0.3, -0.25) is 9.69 Å². The highest BCUT2D eigenvalue weighted by molar-refractivity contribution is 5.78. The fourth-order valence-corrected chi connectivity index (χ4v) is 2.25. The van der Waals surface area contributed by atoms with E-state index in [1.807, 2.05) is 4.90 Å². The summed E-state index contributed by atoms with van der Waals surface area (Å²) < 4.78 is 26.0. The monoisotopic (exact) mass is 284 g/mol. The molecular weight excluding hydrogens is 266 g/mol. The largest absolute Gasteiger partial charge is 0.393 e. The highest BCUT2D eigenvalue weighted by Gasteiger charge is 2.18. The van der Waals surface area contributed by atoms with E-state index in [2.05, 4.69) is 5.32 Å². The number of aliphatic hydroxyl groups excluding tert-OH is 1. The Balaban J connectivity index is 1.77. The van der Waals surface area contributed by atoms with Gasteiger partial charge in [-0.05, 0) is 30.5 Å². The van der Waals surface area contributed by atoms with Crippen LogP contribution in [0.1, 0.15) is 18.4 Å². The maximum absolute atomic E-state index is 13.0. The molecule has 1 amide bonds. The van der Waals surface area contributed by atoms with Gasteiger partial charge in [-0.15, -0.1) is 0 Å². The second kappa shape index (κ2) is 6.76. The van der Waals surface area contributed by atoms with E-state index in [0.717, 1.165) is 6.07 Å². The second-order valence-electron chi connectivity index (χ2n) is 5.06. The zero-order valence-electron chi connectivity index (χ0n) is 11.1. The Kier molecular flexibility index (Phi) is 5.03. The minimum absolute atomic E-state index is 0.101. The van der Waals surface area contributed by atoms with Crippen molar-refractivity contribution in [3.05, 3.63) is 35.4 Å². The van der Waals surface area contributed by atoms with Crippen LogP contribution in [-0.4, -0.2) is 41.7 Å². The van der Waals surface area contributed by atoms with Crippen molar-refractivity contribution in [2.24, 2.45) is 0 Å². The van der Waals surface area contributed by atoms with Crippen LogP contribution in [0.25, 0.3) is 0 Å². The molecule has 1 heterocycles. The zero-order valence-corrected chi connectivity index (χ0v) is 11.1. The molecule has 1 aliphatic rings. The molecule has 1 aliphatic heterocycles. The first-order valence-corrected chi connectivity index (χ1v) is 6.65. The van der Waals surface area contributed by atoms with Crippen molar-refractivity contribution >= 4 is 5.91 Å². The third kappa shape index (κ3) is 4.54. The third-order valence-corrected chi connectivity index (χ3v) is 3.34. The van der Waals surface area contributed by atoms with Crippen molar-refractivity contribution in [2.45, 2.75) is 25.5 Å². The van der Waals surface area contributed by atoms with Crippen molar-refractivity contribution in [1.82, 2.24) is 10.2 Å². The van der Waals surface area contributed by atoms with Gasteiger partial charge in [0.05, 0.1) is 12.6 Å². The first-order valence-electron chi connectivity index (χ1n) is 6.65. The van der Waals surface area contributed by atoms with Crippen LogP contribution >= 0.6 is 0 Å². The molecular formula is C14H18F2N2O2. The van der Waals surface area contributed by atoms with Crippen LogP contribution in [0.2, 0.25) is 0 Å². The summed E-state index contributed by atoms with van der Waals surface area (Å²) in [5.74, 6) is -1.50. The van der Waals surface area contributed by atoms with Crippen LogP contribution in [0.4, 0.5) is 8.78 Å². The number of nitrogens with one attached hydrogen (secondary N) is 1. The lowest BCUT2D eigenvalue weighted by molar-refractivity contribution is -0.123. The number of aliphatic hydroxyl groups is 1. The number of rotatable bonds is 4. The highest BCUT2D eigenvalue weighted by atomic mass is 19.1. The lowest BCUT2D eigenvalue weighted by atomic mass is 10.1. The van der Waals surface area contributed by atoms with Crippen LogP contribution in [0.15, 0.2) is 18.2 Å². The van der Waals surface area contributed by atoms with E-state index in [1.54, 1.807) is 0 Å². The molecule has 0 atom stereocenters. The Morgan fingerprint density at radius 2 is 1.85 bits per heavy atom. The molecule has 0 radical (unpaired) electrons. The molecule has 2 N–H and O–H groups in total. The topological polar surface area (TPSA) is 52.6 Å². The Hall–Kier alpha value is -1.53. The van der Waals surface area contributed by atoms with Crippen LogP contribution in [0.5, 0.6) is 0 Å². The van der Waals surface area contributed by atoms with Gasteiger partial charge in [-0.25, -0.2) is 8.78 Å². The van der Waals surface area contributed by atoms with Crippen molar-refractivity contribution in [1.29, 1.82) is 0 Å². The summed E-state index contributed by atoms with van der Waals surface area (Å²) in [5.41, 5.74) is 0.393. The number of nitrogens with zero attached hydrogens (tertiary/aromatic N) is 1. The Labute approximate surface area is 116 Å². The maximum Gasteiger partial charge on any atom is 0.234 e. The highest BCUT2D eigenvalue weighted by Crippen LogP contribution is 2.10. The van der Waals surface area contributed by atoms with Crippen molar-refractivity contribution < 1.29 is 18.7 Å². The first kappa shape index (κ1) is 14.9. The number of benzene rings is 1. The van der Waals surface area contributed by atoms with Crippen LogP contribution in [0, 0.1) is 11.6 Å². The molecule has 20 heavy (non-hydrogen) atoms. The SMILES string of the molecule is O=C(CN1CCC(O)CC1)NCc1cc(F)cc(F)c1. The van der Waals surface area contributed by atoms with Gasteiger partial charge in [0, 0.05) is 25.7 Å². The van der Waals surface area contributed by atoms with E-state index < -0.39 is 11.6 Å². The standard InChI is InChI=1S/C14H18F2N2O2/c15-11-5-10(6-12(16)7-11)8-17-14(20)9-18-3-1-13(19)2-4-18/h5-7,13,19H,1-4,8-9H2,(H,17,20). The number of halogens is 2. The molecule has 0 bridgehead atoms. The lowest BCUT2D eigenvalue weighted by Gasteiger charge is -2.28. The second-order valence-corrected chi connectivity index (χ2v) is 5.06. The molecule has 1 aromatic carbocycles. The maximum atomic E-state index is 13.0. The Bertz CT molecular complexity index is 454. The van der Waals surface area contributed by atoms with E-state index in [0.29, 0.717) is 31.5 Å². The summed E-state index contributed by atoms with van der Waals surface area (Å²) >= 11 is 0. The molecule has 1 fully saturated rings. The molecule has 4 nitrogen and oxygen atoms in total. The summed E-state index contributed by atoms with van der Waals surface area (Å²) in [6.45, 7) is 1.71. The van der Waals surface area contributed by atoms with Crippen LogP contribution < -0.4 is 5.32 Å². The molecule has 6 heteroatoms. The van der Waals surface area contributed by atoms with Crippen LogP contribution in [-0.2, 0) is 11.3 Å². The van der Waals surface area contributed by atoms with Crippen molar-refractivity contribution in [2.75, 3.05) is 19.6 Å². The number of piperidine rings is 1. The fourth-order valence-electron chi connectivity index (χ4n) is 2.25. The minimum Gasteiger partial charge on any atom is -0.393 e. The Morgan fingerprint density at radius 1 is 1.25 bits per heavy atom. The molecule has 1 saturated heterocycles. The average molecular weight is 284 g/mol. The molecule has 0 unspecified atom stereocenters. The summed E-state index contributed by atoms with van der Waals surface area (Å²) in [6.07, 6.45) is 1.06. The molecule has 110 valence electrons. The normalized spacial score (nSPS) is 17.1. The van der Waals surface area contributed by atoms with E-state index in [1.165, 1.54) is 12.1 Å². The number of hydrogen-bond donors (Lipinski definition) is 2. The number of hydrogen-bond acceptors (Lipinski definition) is 3. The van der Waals surface area contributed by atoms with Gasteiger partial charge in [-0.2, -0.15) is 0 Å². The summed E-state index contributed by atoms with van der Waals surface area (Å²) in [6, 6.07) is 3.19. The van der Waals surface area contributed by atoms with E-state index in [-0.39, 0.29) is 25.1 Å². The van der Waals surface area contributed by atoms with Gasteiger partial charge in [0.2, 0.25) is 5.91 Å². The quantitative estimate of drug-likeness (QED) is 0.868. The number of likely N-dealkylation sites (tertiary alicyclic amines) is 1. The smallest absolute Gasteiger partial charge is 0.234 e. The van der Waals surface area contributed by atoms with Gasteiger partial charge >= 0.3 is 0 Å². The van der Waals surface area contributed by atoms with E-state index in [4.69, 9.17) is 0 Å². The summed E-state index contributed by atoms with van der Waals surface area (Å²) in [5, 5.41) is 12.0. The van der Waals surface area contributed by atoms with Crippen molar-refractivity contribution in [3.63, 3.8) is 0 Å². The lowest BCUT2D eigenvalue weighted by Crippen LogP contribution is -2.42. The number of carbonyl (C=O) groups excluding carboxylic acids is 1. The molecule has 0 aliphatic carbocycles. The van der Waals surface area contributed by atoms with Gasteiger partial charge in [0.15, 0.2) is 0 Å². The molecule has 0 spiro atoms. The number of amides is 1. The van der Waals surface area contributed by atoms with Gasteiger partial charge in [-0.1, -0.05) is 0 Å². The zero-order chi connectivity index (χ0) is 14.5. The fraction of sp³-hybridized carbons (Fsp3) is 0.500. The Morgan fingerprint density at radius 3 is 2.45 bits per heavy atom. The van der Waals surface area contributed by atoms with E-state index in [9.17, 15) is 18.7 Å². The average Bonchev–Trinajstić information content (AvgIpc) is 2.38. The summed E-state index contributed by atoms with van der Waals surface area (Å²) in [7, 11) is 0. The molecule has 2 rings (SSSR count). The van der Waals surface area contributed by atoms with Gasteiger partial charge < -0.3 is 10.4 Å². The van der Waals surface area contributed by atoms with Gasteiger partial charge in [0.25, 0.3) is 0 Å². The molecule has 0 saturated carbocycles. The third-order valence-electron chi connectivity index (χ3n) is 3.34. The van der Waals surface area contributed by atoms with Crippen molar-refractivity contribution in [3.8, 4) is 0 Å². The predicted molar refractivity (Wildman–Crippen MR) is 69.9 cm³/mol. The molecule has 1 aromatic rings.